The number of rotatable bonds is 1. The van der Waals surface area contributed by atoms with Crippen LogP contribution in [0.1, 0.15) is 11.1 Å². The normalized spacial score (nSPS) is 12.7. The molecule has 0 bridgehead atoms. The van der Waals surface area contributed by atoms with Crippen molar-refractivity contribution in [2.24, 2.45) is 0 Å². The van der Waals surface area contributed by atoms with E-state index in [0.717, 1.165) is 22.8 Å². The highest BCUT2D eigenvalue weighted by Crippen LogP contribution is 2.44. The summed E-state index contributed by atoms with van der Waals surface area (Å²) in [5.74, 6) is 0. The first-order valence-corrected chi connectivity index (χ1v) is 5.81. The van der Waals surface area contributed by atoms with Crippen molar-refractivity contribution in [1.82, 2.24) is 4.98 Å². The minimum absolute atomic E-state index is 0.328. The van der Waals surface area contributed by atoms with Crippen LogP contribution in [0.3, 0.4) is 0 Å². The van der Waals surface area contributed by atoms with Crippen LogP contribution in [-0.2, 0) is 12.4 Å². The highest BCUT2D eigenvalue weighted by Gasteiger charge is 2.41. The van der Waals surface area contributed by atoms with Gasteiger partial charge in [-0.15, -0.1) is 11.3 Å². The first kappa shape index (κ1) is 13.9. The molecule has 0 aliphatic heterocycles. The summed E-state index contributed by atoms with van der Waals surface area (Å²) in [6, 6.07) is 1.97. The van der Waals surface area contributed by atoms with Crippen molar-refractivity contribution in [3.05, 3.63) is 40.2 Å². The van der Waals surface area contributed by atoms with Crippen LogP contribution in [0.25, 0.3) is 11.3 Å². The highest BCUT2D eigenvalue weighted by atomic mass is 32.1. The van der Waals surface area contributed by atoms with Gasteiger partial charge in [-0.3, -0.25) is 0 Å². The summed E-state index contributed by atoms with van der Waals surface area (Å²) in [5.41, 5.74) is -2.75. The van der Waals surface area contributed by atoms with E-state index in [4.69, 9.17) is 0 Å². The van der Waals surface area contributed by atoms with Gasteiger partial charge in [-0.25, -0.2) is 4.98 Å². The van der Waals surface area contributed by atoms with Crippen LogP contribution < -0.4 is 0 Å². The summed E-state index contributed by atoms with van der Waals surface area (Å²) in [4.78, 5) is 3.55. The predicted octanol–water partition coefficient (Wildman–Crippen LogP) is 4.85. The summed E-state index contributed by atoms with van der Waals surface area (Å²) >= 11 is 0.927. The van der Waals surface area contributed by atoms with Crippen LogP contribution >= 0.6 is 11.3 Å². The zero-order valence-corrected chi connectivity index (χ0v) is 9.83. The lowest BCUT2D eigenvalue weighted by atomic mass is 9.98. The van der Waals surface area contributed by atoms with Gasteiger partial charge in [-0.05, 0) is 12.1 Å². The van der Waals surface area contributed by atoms with Gasteiger partial charge in [-0.2, -0.15) is 26.3 Å². The Morgan fingerprint density at radius 2 is 1.42 bits per heavy atom. The average Bonchev–Trinajstić information content (AvgIpc) is 2.78. The minimum atomic E-state index is -4.87. The van der Waals surface area contributed by atoms with Crippen LogP contribution in [0.2, 0.25) is 0 Å². The van der Waals surface area contributed by atoms with Gasteiger partial charge in [-0.1, -0.05) is 6.07 Å². The highest BCUT2D eigenvalue weighted by molar-refractivity contribution is 7.07. The molecule has 19 heavy (non-hydrogen) atoms. The monoisotopic (exact) mass is 297 g/mol. The van der Waals surface area contributed by atoms with Crippen molar-refractivity contribution in [3.63, 3.8) is 0 Å². The van der Waals surface area contributed by atoms with E-state index in [0.29, 0.717) is 12.1 Å². The lowest BCUT2D eigenvalue weighted by Crippen LogP contribution is -2.14. The molecule has 0 atom stereocenters. The van der Waals surface area contributed by atoms with Gasteiger partial charge < -0.3 is 0 Å². The van der Waals surface area contributed by atoms with E-state index in [2.05, 4.69) is 4.98 Å². The first-order chi connectivity index (χ1) is 8.71. The molecule has 1 aromatic carbocycles. The molecule has 0 aliphatic rings. The number of benzene rings is 1. The van der Waals surface area contributed by atoms with Gasteiger partial charge in [0, 0.05) is 10.9 Å². The largest absolute Gasteiger partial charge is 0.417 e. The number of aromatic nitrogens is 1. The number of nitrogens with zero attached hydrogens (tertiary/aromatic N) is 1. The Balaban J connectivity index is 2.78. The Hall–Kier alpha value is -1.57. The van der Waals surface area contributed by atoms with Gasteiger partial charge in [0.15, 0.2) is 0 Å². The van der Waals surface area contributed by atoms with E-state index in [1.54, 1.807) is 0 Å². The van der Waals surface area contributed by atoms with E-state index >= 15 is 0 Å². The third kappa shape index (κ3) is 2.73. The maximum atomic E-state index is 12.8. The lowest BCUT2D eigenvalue weighted by Gasteiger charge is -2.17. The summed E-state index contributed by atoms with van der Waals surface area (Å²) < 4.78 is 76.9. The summed E-state index contributed by atoms with van der Waals surface area (Å²) in [6.07, 6.45) is -9.75. The van der Waals surface area contributed by atoms with Gasteiger partial charge in [0.25, 0.3) is 0 Å². The molecule has 102 valence electrons. The second kappa shape index (κ2) is 4.52. The Labute approximate surface area is 107 Å². The summed E-state index contributed by atoms with van der Waals surface area (Å²) in [6.45, 7) is 0. The number of thiazole rings is 1. The van der Waals surface area contributed by atoms with Crippen LogP contribution in [0, 0.1) is 0 Å². The standard InChI is InChI=1S/C11H5F6NS/c12-10(13,14)6-2-1-3-7(11(15,16)17)9(6)8-4-19-5-18-8/h1-5H. The smallest absolute Gasteiger partial charge is 0.245 e. The molecule has 2 rings (SSSR count). The van der Waals surface area contributed by atoms with Crippen LogP contribution in [0.4, 0.5) is 26.3 Å². The van der Waals surface area contributed by atoms with E-state index in [-0.39, 0.29) is 5.69 Å². The molecule has 8 heteroatoms. The Morgan fingerprint density at radius 3 is 1.79 bits per heavy atom. The molecule has 1 aromatic heterocycles. The zero-order valence-electron chi connectivity index (χ0n) is 9.01. The molecule has 0 saturated carbocycles. The van der Waals surface area contributed by atoms with Crippen molar-refractivity contribution in [2.45, 2.75) is 12.4 Å². The lowest BCUT2D eigenvalue weighted by molar-refractivity contribution is -0.142. The van der Waals surface area contributed by atoms with E-state index < -0.39 is 29.0 Å². The second-order valence-electron chi connectivity index (χ2n) is 3.60. The van der Waals surface area contributed by atoms with Crippen molar-refractivity contribution in [1.29, 1.82) is 0 Å². The topological polar surface area (TPSA) is 12.9 Å². The summed E-state index contributed by atoms with van der Waals surface area (Å²) in [7, 11) is 0. The van der Waals surface area contributed by atoms with Crippen LogP contribution in [0.5, 0.6) is 0 Å². The molecule has 0 radical (unpaired) electrons. The molecule has 0 amide bonds. The van der Waals surface area contributed by atoms with E-state index in [9.17, 15) is 26.3 Å². The molecular weight excluding hydrogens is 292 g/mol. The molecule has 0 N–H and O–H groups in total. The fourth-order valence-corrected chi connectivity index (χ4v) is 2.18. The summed E-state index contributed by atoms with van der Waals surface area (Å²) in [5, 5.41) is 1.15. The van der Waals surface area contributed by atoms with Crippen molar-refractivity contribution in [2.75, 3.05) is 0 Å². The molecule has 1 nitrogen and oxygen atoms in total. The van der Waals surface area contributed by atoms with Crippen molar-refractivity contribution >= 4 is 11.3 Å². The number of hydrogen-bond donors (Lipinski definition) is 0. The van der Waals surface area contributed by atoms with Gasteiger partial charge >= 0.3 is 12.4 Å². The maximum Gasteiger partial charge on any atom is 0.417 e. The number of halogens is 6. The Bertz CT molecular complexity index is 538. The predicted molar refractivity (Wildman–Crippen MR) is 57.6 cm³/mol. The molecule has 1 heterocycles. The van der Waals surface area contributed by atoms with Gasteiger partial charge in [0.1, 0.15) is 0 Å². The molecule has 0 saturated heterocycles. The molecule has 0 unspecified atom stereocenters. The van der Waals surface area contributed by atoms with Gasteiger partial charge in [0.2, 0.25) is 0 Å². The minimum Gasteiger partial charge on any atom is -0.245 e. The molecular formula is C11H5F6NS. The molecule has 0 spiro atoms. The van der Waals surface area contributed by atoms with E-state index in [1.165, 1.54) is 5.51 Å². The molecule has 2 aromatic rings. The molecule has 0 fully saturated rings. The Kier molecular flexibility index (Phi) is 3.29. The third-order valence-electron chi connectivity index (χ3n) is 2.36. The fraction of sp³-hybridized carbons (Fsp3) is 0.182. The van der Waals surface area contributed by atoms with Crippen molar-refractivity contribution in [3.8, 4) is 11.3 Å². The Morgan fingerprint density at radius 1 is 0.895 bits per heavy atom. The van der Waals surface area contributed by atoms with Gasteiger partial charge in [0.05, 0.1) is 22.3 Å². The molecule has 0 aliphatic carbocycles. The third-order valence-corrected chi connectivity index (χ3v) is 2.95. The van der Waals surface area contributed by atoms with Crippen LogP contribution in [0.15, 0.2) is 29.1 Å². The average molecular weight is 297 g/mol. The quantitative estimate of drug-likeness (QED) is 0.686. The zero-order chi connectivity index (χ0) is 14.3. The first-order valence-electron chi connectivity index (χ1n) is 4.87. The SMILES string of the molecule is FC(F)(F)c1cccc(C(F)(F)F)c1-c1cscn1. The van der Waals surface area contributed by atoms with Crippen molar-refractivity contribution < 1.29 is 26.3 Å². The number of alkyl halides is 6. The van der Waals surface area contributed by atoms with Crippen LogP contribution in [-0.4, -0.2) is 4.98 Å². The van der Waals surface area contributed by atoms with E-state index in [1.807, 2.05) is 0 Å². The second-order valence-corrected chi connectivity index (χ2v) is 4.32. The fourth-order valence-electron chi connectivity index (χ4n) is 1.64. The maximum absolute atomic E-state index is 12.8. The number of hydrogen-bond acceptors (Lipinski definition) is 2.